The molecule has 0 atom stereocenters. The summed E-state index contributed by atoms with van der Waals surface area (Å²) in [5.41, 5.74) is 19.2. The van der Waals surface area contributed by atoms with Gasteiger partial charge in [-0.15, -0.1) is 0 Å². The van der Waals surface area contributed by atoms with E-state index in [1.807, 2.05) is 12.2 Å². The Bertz CT molecular complexity index is 1070. The molecule has 0 bridgehead atoms. The van der Waals surface area contributed by atoms with Gasteiger partial charge in [0.1, 0.15) is 0 Å². The molecule has 0 saturated carbocycles. The average molecular weight is 555 g/mol. The van der Waals surface area contributed by atoms with E-state index in [1.54, 1.807) is 14.4 Å². The van der Waals surface area contributed by atoms with Crippen LogP contribution in [0.25, 0.3) is 16.9 Å². The topological polar surface area (TPSA) is 25.3 Å². The molecule has 0 saturated heterocycles. The van der Waals surface area contributed by atoms with Gasteiger partial charge in [0.15, 0.2) is 0 Å². The fourth-order valence-electron chi connectivity index (χ4n) is 4.54. The van der Waals surface area contributed by atoms with Crippen molar-refractivity contribution in [3.63, 3.8) is 0 Å². The first-order valence-corrected chi connectivity index (χ1v) is 15.8. The SMILES string of the molecule is C=C[CH2][Ni][CH2]C=C.CCCCCCc1ccc(C2=C(CCCCC)C=C(c3cccc(CC)c3)[N+]2=[N-])cc1. The number of nitrogens with zero attached hydrogens (tertiary/aromatic N) is 2. The number of rotatable bonds is 16. The van der Waals surface area contributed by atoms with Gasteiger partial charge in [0.2, 0.25) is 11.4 Å². The summed E-state index contributed by atoms with van der Waals surface area (Å²) in [6, 6.07) is 17.4. The van der Waals surface area contributed by atoms with E-state index in [0.717, 1.165) is 59.0 Å². The van der Waals surface area contributed by atoms with Crippen LogP contribution < -0.4 is 0 Å². The normalized spacial score (nSPS) is 12.8. The maximum atomic E-state index is 11.2. The first kappa shape index (κ1) is 31.7. The molecule has 1 heterocycles. The molecule has 3 heteroatoms. The molecule has 0 fully saturated rings. The van der Waals surface area contributed by atoms with Crippen LogP contribution in [0.15, 0.2) is 85.5 Å². The average Bonchev–Trinajstić information content (AvgIpc) is 3.28. The monoisotopic (exact) mass is 554 g/mol. The van der Waals surface area contributed by atoms with E-state index in [9.17, 15) is 5.53 Å². The van der Waals surface area contributed by atoms with Crippen molar-refractivity contribution < 1.29 is 19.1 Å². The van der Waals surface area contributed by atoms with Crippen LogP contribution in [0, 0.1) is 0 Å². The van der Waals surface area contributed by atoms with Crippen LogP contribution in [0.4, 0.5) is 0 Å². The smallest absolute Gasteiger partial charge is 0.210 e. The van der Waals surface area contributed by atoms with Crippen LogP contribution in [0.5, 0.6) is 0 Å². The summed E-state index contributed by atoms with van der Waals surface area (Å²) >= 11 is 1.66. The van der Waals surface area contributed by atoms with E-state index in [0.29, 0.717) is 0 Å². The number of aryl methyl sites for hydroxylation is 2. The molecule has 1 aliphatic heterocycles. The van der Waals surface area contributed by atoms with E-state index in [1.165, 1.54) is 59.9 Å². The van der Waals surface area contributed by atoms with Gasteiger partial charge in [0.25, 0.3) is 0 Å². The maximum Gasteiger partial charge on any atom is 0.210 e. The van der Waals surface area contributed by atoms with Crippen LogP contribution in [0.2, 0.25) is 10.8 Å². The first-order valence-electron chi connectivity index (χ1n) is 14.4. The van der Waals surface area contributed by atoms with Crippen molar-refractivity contribution >= 4 is 11.4 Å². The van der Waals surface area contributed by atoms with Crippen LogP contribution in [-0.2, 0) is 27.3 Å². The van der Waals surface area contributed by atoms with Crippen molar-refractivity contribution in [3.8, 4) is 0 Å². The van der Waals surface area contributed by atoms with Crippen molar-refractivity contribution in [3.05, 3.63) is 113 Å². The molecule has 1 aliphatic rings. The van der Waals surface area contributed by atoms with Crippen molar-refractivity contribution in [2.45, 2.75) is 95.8 Å². The third-order valence-corrected chi connectivity index (χ3v) is 7.79. The summed E-state index contributed by atoms with van der Waals surface area (Å²) in [5.74, 6) is 0. The zero-order valence-electron chi connectivity index (χ0n) is 24.0. The molecule has 2 aromatic rings. The summed E-state index contributed by atoms with van der Waals surface area (Å²) in [6.45, 7) is 13.8. The summed E-state index contributed by atoms with van der Waals surface area (Å²) in [6.07, 6.45) is 17.9. The zero-order chi connectivity index (χ0) is 27.6. The number of benzene rings is 2. The second-order valence-corrected chi connectivity index (χ2v) is 11.0. The van der Waals surface area contributed by atoms with Gasteiger partial charge in [0, 0.05) is 22.8 Å². The molecule has 38 heavy (non-hydrogen) atoms. The van der Waals surface area contributed by atoms with Gasteiger partial charge in [-0.2, -0.15) is 0 Å². The van der Waals surface area contributed by atoms with E-state index in [-0.39, 0.29) is 0 Å². The van der Waals surface area contributed by atoms with Crippen LogP contribution in [0.3, 0.4) is 0 Å². The Morgan fingerprint density at radius 2 is 1.42 bits per heavy atom. The van der Waals surface area contributed by atoms with Crippen molar-refractivity contribution in [1.82, 2.24) is 0 Å². The third kappa shape index (κ3) is 10.3. The minimum absolute atomic E-state index is 0.889. The molecule has 2 aromatic carbocycles. The molecule has 0 spiro atoms. The van der Waals surface area contributed by atoms with Crippen molar-refractivity contribution in [2.24, 2.45) is 0 Å². The largest absolute Gasteiger partial charge is 0.493 e. The fourth-order valence-corrected chi connectivity index (χ4v) is 5.11. The summed E-state index contributed by atoms with van der Waals surface area (Å²) in [5, 5.41) is 2.11. The van der Waals surface area contributed by atoms with Crippen LogP contribution in [-0.4, -0.2) is 4.70 Å². The van der Waals surface area contributed by atoms with Gasteiger partial charge in [-0.05, 0) is 67.5 Å². The Labute approximate surface area is 239 Å². The molecular weight excluding hydrogens is 507 g/mol. The Morgan fingerprint density at radius 1 is 0.763 bits per heavy atom. The van der Waals surface area contributed by atoms with E-state index >= 15 is 0 Å². The molecule has 0 aromatic heterocycles. The first-order chi connectivity index (χ1) is 18.6. The minimum Gasteiger partial charge on any atom is -0.493 e. The Balaban J connectivity index is 0.000000638. The van der Waals surface area contributed by atoms with Gasteiger partial charge in [0.05, 0.1) is 0 Å². The van der Waals surface area contributed by atoms with Crippen molar-refractivity contribution in [1.29, 1.82) is 0 Å². The standard InChI is InChI=1S/C29H38N2.2C3H5.Ni/c1-4-7-9-11-13-24-17-19-25(20-18-24)29-27(15-10-8-5-2)22-28(31(29)30)26-16-12-14-23(6-3)21-26;2*1-3-2;/h12,14,16-22H,4-11,13,15H2,1-3H3;2*3H,1-2H2;. The van der Waals surface area contributed by atoms with Crippen molar-refractivity contribution in [2.75, 3.05) is 0 Å². The van der Waals surface area contributed by atoms with Gasteiger partial charge in [-0.1, -0.05) is 77.1 Å². The Hall–Kier alpha value is -2.51. The molecule has 0 amide bonds. The molecule has 208 valence electrons. The maximum absolute atomic E-state index is 11.2. The molecule has 3 rings (SSSR count). The quantitative estimate of drug-likeness (QED) is 0.0852. The molecule has 0 unspecified atom stereocenters. The summed E-state index contributed by atoms with van der Waals surface area (Å²) < 4.78 is 1.42. The van der Waals surface area contributed by atoms with Crippen LogP contribution in [0.1, 0.15) is 94.4 Å². The van der Waals surface area contributed by atoms with Gasteiger partial charge in [-0.3, -0.25) is 0 Å². The molecular formula is C35H48N2Ni. The zero-order valence-corrected chi connectivity index (χ0v) is 24.9. The third-order valence-electron chi connectivity index (χ3n) is 6.65. The number of unbranched alkanes of at least 4 members (excludes halogenated alkanes) is 5. The second-order valence-electron chi connectivity index (χ2n) is 9.73. The number of allylic oxidation sites excluding steroid dienone is 4. The molecule has 0 radical (unpaired) electrons. The van der Waals surface area contributed by atoms with Crippen LogP contribution >= 0.6 is 0 Å². The van der Waals surface area contributed by atoms with E-state index in [2.05, 4.69) is 88.5 Å². The fraction of sp³-hybridized carbons (Fsp3) is 0.429. The molecule has 0 N–H and O–H groups in total. The number of hydrogen-bond acceptors (Lipinski definition) is 0. The molecule has 0 aliphatic carbocycles. The Morgan fingerprint density at radius 3 is 2.05 bits per heavy atom. The van der Waals surface area contributed by atoms with E-state index in [4.69, 9.17) is 0 Å². The second kappa shape index (κ2) is 18.7. The predicted molar refractivity (Wildman–Crippen MR) is 163 cm³/mol. The van der Waals surface area contributed by atoms with Gasteiger partial charge >= 0.3 is 50.5 Å². The summed E-state index contributed by atoms with van der Waals surface area (Å²) in [4.78, 5) is 0. The van der Waals surface area contributed by atoms with E-state index < -0.39 is 0 Å². The molecule has 2 nitrogen and oxygen atoms in total. The van der Waals surface area contributed by atoms with Gasteiger partial charge < -0.3 is 5.53 Å². The Kier molecular flexibility index (Phi) is 15.6. The number of hydrogen-bond donors (Lipinski definition) is 0. The minimum atomic E-state index is 0.889. The van der Waals surface area contributed by atoms with Gasteiger partial charge in [-0.25, -0.2) is 4.70 Å². The predicted octanol–water partition coefficient (Wildman–Crippen LogP) is 11.0. The summed E-state index contributed by atoms with van der Waals surface area (Å²) in [7, 11) is 0.